The summed E-state index contributed by atoms with van der Waals surface area (Å²) in [5.41, 5.74) is 0.258. The molecule has 0 amide bonds. The molecule has 4 nitrogen and oxygen atoms in total. The van der Waals surface area contributed by atoms with Crippen molar-refractivity contribution in [3.63, 3.8) is 0 Å². The number of halogens is 1. The molecule has 0 radical (unpaired) electrons. The summed E-state index contributed by atoms with van der Waals surface area (Å²) in [6, 6.07) is 6.09. The normalized spacial score (nSPS) is 13.0. The molecule has 1 heterocycles. The molecule has 1 atom stereocenters. The van der Waals surface area contributed by atoms with Gasteiger partial charge >= 0.3 is 0 Å². The Morgan fingerprint density at radius 2 is 2.05 bits per heavy atom. The lowest BCUT2D eigenvalue weighted by atomic mass is 10.1. The van der Waals surface area contributed by atoms with E-state index in [4.69, 9.17) is 0 Å². The monoisotopic (exact) mass is 289 g/mol. The van der Waals surface area contributed by atoms with E-state index in [9.17, 15) is 9.18 Å². The maximum absolute atomic E-state index is 13.3. The van der Waals surface area contributed by atoms with Crippen molar-refractivity contribution in [3.8, 4) is 0 Å². The molecule has 1 aromatic carbocycles. The summed E-state index contributed by atoms with van der Waals surface area (Å²) >= 11 is 0. The molecule has 0 aliphatic carbocycles. The molecule has 5 heteroatoms. The van der Waals surface area contributed by atoms with E-state index in [0.29, 0.717) is 0 Å². The molecular formula is C16H20FN3O. The predicted octanol–water partition coefficient (Wildman–Crippen LogP) is 3.31. The standard InChI is InChI=1S/C16H20FN3O/c1-11(12-6-5-7-13(17)10-12)19-14-15(21)20(9-8-18-14)16(2,3)4/h5-11H,1-4H3,(H,18,19). The van der Waals surface area contributed by atoms with E-state index >= 15 is 0 Å². The average molecular weight is 289 g/mol. The van der Waals surface area contributed by atoms with E-state index in [1.165, 1.54) is 12.1 Å². The van der Waals surface area contributed by atoms with Crippen LogP contribution in [0.5, 0.6) is 0 Å². The van der Waals surface area contributed by atoms with Crippen LogP contribution < -0.4 is 10.9 Å². The van der Waals surface area contributed by atoms with Crippen LogP contribution in [-0.2, 0) is 5.54 Å². The Hall–Kier alpha value is -2.17. The van der Waals surface area contributed by atoms with Crippen molar-refractivity contribution in [1.29, 1.82) is 0 Å². The summed E-state index contributed by atoms with van der Waals surface area (Å²) in [5, 5.41) is 3.06. The number of benzene rings is 1. The second kappa shape index (κ2) is 5.68. The number of nitrogens with one attached hydrogen (secondary N) is 1. The summed E-state index contributed by atoms with van der Waals surface area (Å²) in [5.74, 6) is -0.0292. The first-order valence-corrected chi connectivity index (χ1v) is 6.89. The molecule has 0 saturated heterocycles. The van der Waals surface area contributed by atoms with Crippen LogP contribution in [0.15, 0.2) is 41.5 Å². The number of nitrogens with zero attached hydrogens (tertiary/aromatic N) is 2. The van der Waals surface area contributed by atoms with Gasteiger partial charge in [-0.1, -0.05) is 12.1 Å². The van der Waals surface area contributed by atoms with E-state index < -0.39 is 0 Å². The average Bonchev–Trinajstić information content (AvgIpc) is 2.39. The highest BCUT2D eigenvalue weighted by molar-refractivity contribution is 5.36. The van der Waals surface area contributed by atoms with Gasteiger partial charge in [0.15, 0.2) is 5.82 Å². The van der Waals surface area contributed by atoms with Gasteiger partial charge in [0.25, 0.3) is 5.56 Å². The number of aromatic nitrogens is 2. The Bertz CT molecular complexity index is 688. The van der Waals surface area contributed by atoms with Crippen LogP contribution in [0, 0.1) is 5.82 Å². The van der Waals surface area contributed by atoms with E-state index in [0.717, 1.165) is 5.56 Å². The van der Waals surface area contributed by atoms with Gasteiger partial charge in [-0.25, -0.2) is 9.37 Å². The molecule has 2 rings (SSSR count). The van der Waals surface area contributed by atoms with Crippen molar-refractivity contribution in [2.24, 2.45) is 0 Å². The number of rotatable bonds is 3. The predicted molar refractivity (Wildman–Crippen MR) is 81.9 cm³/mol. The third kappa shape index (κ3) is 3.48. The fraction of sp³-hybridized carbons (Fsp3) is 0.375. The first kappa shape index (κ1) is 15.2. The first-order valence-electron chi connectivity index (χ1n) is 6.89. The highest BCUT2D eigenvalue weighted by Crippen LogP contribution is 2.17. The molecule has 0 bridgehead atoms. The van der Waals surface area contributed by atoms with Gasteiger partial charge in [0.2, 0.25) is 0 Å². The zero-order valence-electron chi connectivity index (χ0n) is 12.7. The molecule has 0 aliphatic heterocycles. The summed E-state index contributed by atoms with van der Waals surface area (Å²) in [6.07, 6.45) is 3.26. The van der Waals surface area contributed by atoms with Gasteiger partial charge in [-0.05, 0) is 45.4 Å². The Labute approximate surface area is 123 Å². The maximum Gasteiger partial charge on any atom is 0.293 e. The van der Waals surface area contributed by atoms with E-state index in [1.54, 1.807) is 23.0 Å². The lowest BCUT2D eigenvalue weighted by Gasteiger charge is -2.23. The quantitative estimate of drug-likeness (QED) is 0.943. The van der Waals surface area contributed by atoms with Crippen LogP contribution >= 0.6 is 0 Å². The number of anilines is 1. The summed E-state index contributed by atoms with van der Waals surface area (Å²) < 4.78 is 14.9. The van der Waals surface area contributed by atoms with E-state index in [2.05, 4.69) is 10.3 Å². The molecule has 0 spiro atoms. The Kier molecular flexibility index (Phi) is 4.11. The summed E-state index contributed by atoms with van der Waals surface area (Å²) in [7, 11) is 0. The van der Waals surface area contributed by atoms with Gasteiger partial charge < -0.3 is 9.88 Å². The number of hydrogen-bond acceptors (Lipinski definition) is 3. The molecule has 1 aromatic heterocycles. The smallest absolute Gasteiger partial charge is 0.293 e. The first-order chi connectivity index (χ1) is 9.79. The fourth-order valence-corrected chi connectivity index (χ4v) is 2.10. The van der Waals surface area contributed by atoms with Crippen molar-refractivity contribution in [3.05, 3.63) is 58.4 Å². The molecule has 0 fully saturated rings. The van der Waals surface area contributed by atoms with Gasteiger partial charge in [0.1, 0.15) is 5.82 Å². The van der Waals surface area contributed by atoms with Gasteiger partial charge in [-0.15, -0.1) is 0 Å². The molecule has 2 aromatic rings. The second-order valence-corrected chi connectivity index (χ2v) is 6.04. The molecule has 21 heavy (non-hydrogen) atoms. The largest absolute Gasteiger partial charge is 0.359 e. The van der Waals surface area contributed by atoms with Gasteiger partial charge in [0.05, 0.1) is 6.04 Å². The minimum atomic E-state index is -0.321. The Balaban J connectivity index is 2.30. The lowest BCUT2D eigenvalue weighted by molar-refractivity contribution is 0.383. The highest BCUT2D eigenvalue weighted by Gasteiger charge is 2.17. The minimum absolute atomic E-state index is 0.187. The minimum Gasteiger partial charge on any atom is -0.359 e. The van der Waals surface area contributed by atoms with Gasteiger partial charge in [0, 0.05) is 17.9 Å². The van der Waals surface area contributed by atoms with Crippen molar-refractivity contribution >= 4 is 5.82 Å². The summed E-state index contributed by atoms with van der Waals surface area (Å²) in [6.45, 7) is 7.72. The maximum atomic E-state index is 13.3. The Morgan fingerprint density at radius 1 is 1.33 bits per heavy atom. The molecule has 0 saturated carbocycles. The van der Waals surface area contributed by atoms with E-state index in [-0.39, 0.29) is 28.8 Å². The van der Waals surface area contributed by atoms with Crippen molar-refractivity contribution in [2.45, 2.75) is 39.3 Å². The second-order valence-electron chi connectivity index (χ2n) is 6.04. The van der Waals surface area contributed by atoms with E-state index in [1.807, 2.05) is 33.8 Å². The molecule has 112 valence electrons. The third-order valence-electron chi connectivity index (χ3n) is 3.27. The SMILES string of the molecule is CC(Nc1nccn(C(C)(C)C)c1=O)c1cccc(F)c1. The fourth-order valence-electron chi connectivity index (χ4n) is 2.10. The zero-order chi connectivity index (χ0) is 15.6. The molecule has 0 aliphatic rings. The van der Waals surface area contributed by atoms with Gasteiger partial charge in [-0.2, -0.15) is 0 Å². The Morgan fingerprint density at radius 3 is 2.67 bits per heavy atom. The van der Waals surface area contributed by atoms with Crippen LogP contribution in [0.25, 0.3) is 0 Å². The molecular weight excluding hydrogens is 269 g/mol. The topological polar surface area (TPSA) is 46.9 Å². The van der Waals surface area contributed by atoms with Gasteiger partial charge in [-0.3, -0.25) is 4.79 Å². The molecule has 1 unspecified atom stereocenters. The van der Waals surface area contributed by atoms with Crippen molar-refractivity contribution in [1.82, 2.24) is 9.55 Å². The van der Waals surface area contributed by atoms with Crippen LogP contribution in [-0.4, -0.2) is 9.55 Å². The summed E-state index contributed by atoms with van der Waals surface area (Å²) in [4.78, 5) is 16.5. The van der Waals surface area contributed by atoms with Crippen LogP contribution in [0.3, 0.4) is 0 Å². The van der Waals surface area contributed by atoms with Crippen LogP contribution in [0.1, 0.15) is 39.3 Å². The number of hydrogen-bond donors (Lipinski definition) is 1. The molecule has 1 N–H and O–H groups in total. The van der Waals surface area contributed by atoms with Crippen molar-refractivity contribution < 1.29 is 4.39 Å². The van der Waals surface area contributed by atoms with Crippen LogP contribution in [0.4, 0.5) is 10.2 Å². The third-order valence-corrected chi connectivity index (χ3v) is 3.27. The highest BCUT2D eigenvalue weighted by atomic mass is 19.1. The lowest BCUT2D eigenvalue weighted by Crippen LogP contribution is -2.35. The van der Waals surface area contributed by atoms with Crippen molar-refractivity contribution in [2.75, 3.05) is 5.32 Å². The zero-order valence-corrected chi connectivity index (χ0v) is 12.7. The van der Waals surface area contributed by atoms with Crippen LogP contribution in [0.2, 0.25) is 0 Å².